The Bertz CT molecular complexity index is 1200. The molecule has 0 amide bonds. The average Bonchev–Trinajstić information content (AvgIpc) is 3.38. The minimum absolute atomic E-state index is 0.188. The minimum atomic E-state index is -0.451. The molecule has 0 unspecified atom stereocenters. The van der Waals surface area contributed by atoms with E-state index in [9.17, 15) is 9.50 Å². The van der Waals surface area contributed by atoms with Crippen LogP contribution in [0.2, 0.25) is 0 Å². The highest BCUT2D eigenvalue weighted by Gasteiger charge is 2.21. The number of aromatic amines is 1. The van der Waals surface area contributed by atoms with Crippen molar-refractivity contribution in [2.24, 2.45) is 0 Å². The first kappa shape index (κ1) is 19.0. The van der Waals surface area contributed by atoms with Crippen LogP contribution in [0.1, 0.15) is 31.4 Å². The highest BCUT2D eigenvalue weighted by Crippen LogP contribution is 2.30. The number of aliphatic hydroxyl groups is 1. The lowest BCUT2D eigenvalue weighted by Gasteiger charge is -2.28. The van der Waals surface area contributed by atoms with Crippen LogP contribution in [0, 0.1) is 5.82 Å². The number of methoxy groups -OCH3 is 1. The molecule has 156 valence electrons. The molecule has 1 aliphatic rings. The SMILES string of the molecule is CO[C@H]1CC[C@@H](Nc2ncc3c(-c4cc(F)c5ncc(CO)n5c4)c[nH]c3n2)CC1. The van der Waals surface area contributed by atoms with Gasteiger partial charge in [0.05, 0.1) is 24.6 Å². The van der Waals surface area contributed by atoms with Crippen LogP contribution in [-0.4, -0.2) is 48.7 Å². The summed E-state index contributed by atoms with van der Waals surface area (Å²) in [7, 11) is 1.76. The van der Waals surface area contributed by atoms with Gasteiger partial charge >= 0.3 is 0 Å². The van der Waals surface area contributed by atoms with E-state index in [2.05, 4.69) is 25.3 Å². The molecule has 9 heteroatoms. The molecule has 0 bridgehead atoms. The Labute approximate surface area is 172 Å². The zero-order chi connectivity index (χ0) is 20.7. The molecule has 8 nitrogen and oxygen atoms in total. The summed E-state index contributed by atoms with van der Waals surface area (Å²) in [5.41, 5.74) is 2.84. The van der Waals surface area contributed by atoms with E-state index in [0.717, 1.165) is 36.6 Å². The molecule has 0 aromatic carbocycles. The number of aliphatic hydroxyl groups excluding tert-OH is 1. The van der Waals surface area contributed by atoms with Gasteiger partial charge in [0.1, 0.15) is 5.65 Å². The molecular formula is C21H23FN6O2. The summed E-state index contributed by atoms with van der Waals surface area (Å²) in [5, 5.41) is 13.7. The molecule has 30 heavy (non-hydrogen) atoms. The van der Waals surface area contributed by atoms with Gasteiger partial charge in [-0.25, -0.2) is 14.4 Å². The number of nitrogens with zero attached hydrogens (tertiary/aromatic N) is 4. The summed E-state index contributed by atoms with van der Waals surface area (Å²) in [6.07, 6.45) is 11.2. The van der Waals surface area contributed by atoms with Gasteiger partial charge in [-0.2, -0.15) is 4.98 Å². The number of pyridine rings is 1. The van der Waals surface area contributed by atoms with Gasteiger partial charge in [-0.1, -0.05) is 0 Å². The van der Waals surface area contributed by atoms with Crippen LogP contribution in [-0.2, 0) is 11.3 Å². The zero-order valence-electron chi connectivity index (χ0n) is 16.6. The van der Waals surface area contributed by atoms with Crippen molar-refractivity contribution in [1.29, 1.82) is 0 Å². The normalized spacial score (nSPS) is 19.6. The van der Waals surface area contributed by atoms with Crippen molar-refractivity contribution in [2.45, 2.75) is 44.4 Å². The highest BCUT2D eigenvalue weighted by molar-refractivity contribution is 5.93. The Morgan fingerprint density at radius 3 is 2.87 bits per heavy atom. The number of fused-ring (bicyclic) bond motifs is 2. The number of anilines is 1. The number of hydrogen-bond donors (Lipinski definition) is 3. The fourth-order valence-electron chi connectivity index (χ4n) is 4.20. The molecule has 0 saturated heterocycles. The van der Waals surface area contributed by atoms with Crippen molar-refractivity contribution in [2.75, 3.05) is 12.4 Å². The van der Waals surface area contributed by atoms with Gasteiger partial charge < -0.3 is 20.1 Å². The van der Waals surface area contributed by atoms with Crippen LogP contribution in [0.15, 0.2) is 30.9 Å². The van der Waals surface area contributed by atoms with Crippen molar-refractivity contribution in [3.05, 3.63) is 42.4 Å². The fraction of sp³-hybridized carbons (Fsp3) is 0.381. The van der Waals surface area contributed by atoms with Gasteiger partial charge in [0.2, 0.25) is 5.95 Å². The summed E-state index contributed by atoms with van der Waals surface area (Å²) in [4.78, 5) is 16.3. The first-order chi connectivity index (χ1) is 14.7. The van der Waals surface area contributed by atoms with E-state index in [0.29, 0.717) is 35.0 Å². The second-order valence-electron chi connectivity index (χ2n) is 7.69. The average molecular weight is 410 g/mol. The number of hydrogen-bond acceptors (Lipinski definition) is 6. The van der Waals surface area contributed by atoms with Gasteiger partial charge in [-0.15, -0.1) is 0 Å². The first-order valence-corrected chi connectivity index (χ1v) is 10.1. The van der Waals surface area contributed by atoms with Crippen molar-refractivity contribution in [3.8, 4) is 11.1 Å². The zero-order valence-corrected chi connectivity index (χ0v) is 16.6. The van der Waals surface area contributed by atoms with Crippen LogP contribution >= 0.6 is 0 Å². The van der Waals surface area contributed by atoms with Gasteiger partial charge in [-0.05, 0) is 31.7 Å². The molecule has 1 saturated carbocycles. The third kappa shape index (κ3) is 3.29. The molecule has 4 aromatic rings. The molecule has 1 aliphatic carbocycles. The van der Waals surface area contributed by atoms with Crippen molar-refractivity contribution in [1.82, 2.24) is 24.3 Å². The molecule has 0 aliphatic heterocycles. The van der Waals surface area contributed by atoms with Crippen molar-refractivity contribution < 1.29 is 14.2 Å². The lowest BCUT2D eigenvalue weighted by Crippen LogP contribution is -2.29. The van der Waals surface area contributed by atoms with Crippen molar-refractivity contribution in [3.63, 3.8) is 0 Å². The van der Waals surface area contributed by atoms with Gasteiger partial charge in [0.25, 0.3) is 0 Å². The van der Waals surface area contributed by atoms with Crippen LogP contribution in [0.4, 0.5) is 10.3 Å². The highest BCUT2D eigenvalue weighted by atomic mass is 19.1. The third-order valence-corrected chi connectivity index (χ3v) is 5.88. The smallest absolute Gasteiger partial charge is 0.224 e. The number of ether oxygens (including phenoxy) is 1. The predicted octanol–water partition coefficient (Wildman–Crippen LogP) is 3.27. The van der Waals surface area contributed by atoms with Gasteiger partial charge in [0, 0.05) is 48.3 Å². The number of nitrogens with one attached hydrogen (secondary N) is 2. The van der Waals surface area contributed by atoms with Gasteiger partial charge in [0.15, 0.2) is 11.5 Å². The summed E-state index contributed by atoms with van der Waals surface area (Å²) in [6.45, 7) is -0.220. The minimum Gasteiger partial charge on any atom is -0.390 e. The second-order valence-corrected chi connectivity index (χ2v) is 7.69. The Morgan fingerprint density at radius 1 is 1.27 bits per heavy atom. The number of rotatable bonds is 5. The van der Waals surface area contributed by atoms with E-state index in [4.69, 9.17) is 4.74 Å². The first-order valence-electron chi connectivity index (χ1n) is 10.1. The number of aromatic nitrogens is 5. The lowest BCUT2D eigenvalue weighted by atomic mass is 9.93. The van der Waals surface area contributed by atoms with E-state index in [1.807, 2.05) is 0 Å². The molecular weight excluding hydrogens is 387 g/mol. The maximum absolute atomic E-state index is 14.5. The molecule has 4 aromatic heterocycles. The quantitative estimate of drug-likeness (QED) is 0.467. The van der Waals surface area contributed by atoms with E-state index in [1.165, 1.54) is 12.3 Å². The Balaban J connectivity index is 1.44. The molecule has 0 spiro atoms. The molecule has 1 fully saturated rings. The summed E-state index contributed by atoms with van der Waals surface area (Å²) in [5.74, 6) is 0.128. The maximum atomic E-state index is 14.5. The van der Waals surface area contributed by atoms with Crippen LogP contribution in [0.3, 0.4) is 0 Å². The van der Waals surface area contributed by atoms with Crippen LogP contribution < -0.4 is 5.32 Å². The number of H-pyrrole nitrogens is 1. The fourth-order valence-corrected chi connectivity index (χ4v) is 4.20. The number of halogens is 1. The van der Waals surface area contributed by atoms with E-state index >= 15 is 0 Å². The molecule has 0 radical (unpaired) electrons. The largest absolute Gasteiger partial charge is 0.390 e. The predicted molar refractivity (Wildman–Crippen MR) is 111 cm³/mol. The Kier molecular flexibility index (Phi) is 4.84. The summed E-state index contributed by atoms with van der Waals surface area (Å²) in [6, 6.07) is 1.77. The third-order valence-electron chi connectivity index (χ3n) is 5.88. The summed E-state index contributed by atoms with van der Waals surface area (Å²) < 4.78 is 21.5. The molecule has 3 N–H and O–H groups in total. The van der Waals surface area contributed by atoms with E-state index in [-0.39, 0.29) is 12.3 Å². The number of imidazole rings is 1. The van der Waals surface area contributed by atoms with E-state index < -0.39 is 5.82 Å². The lowest BCUT2D eigenvalue weighted by molar-refractivity contribution is 0.0681. The Morgan fingerprint density at radius 2 is 2.10 bits per heavy atom. The van der Waals surface area contributed by atoms with E-state index in [1.54, 1.807) is 30.1 Å². The van der Waals surface area contributed by atoms with Crippen LogP contribution in [0.5, 0.6) is 0 Å². The molecule has 5 rings (SSSR count). The van der Waals surface area contributed by atoms with Gasteiger partial charge in [-0.3, -0.25) is 4.40 Å². The van der Waals surface area contributed by atoms with Crippen LogP contribution in [0.25, 0.3) is 27.8 Å². The maximum Gasteiger partial charge on any atom is 0.224 e. The van der Waals surface area contributed by atoms with Crippen molar-refractivity contribution >= 4 is 22.6 Å². The monoisotopic (exact) mass is 410 g/mol. The second kappa shape index (κ2) is 7.66. The Hall–Kier alpha value is -3.04. The summed E-state index contributed by atoms with van der Waals surface area (Å²) >= 11 is 0. The standard InChI is InChI=1S/C21H23FN6O2/c1-30-15-4-2-13(3-5-15)26-21-25-9-17-16(8-23-19(17)27-21)12-6-18(22)20-24-7-14(11-29)28(20)10-12/h6-10,13,15,29H,2-5,11H2,1H3,(H2,23,25,26,27)/t13-,15+. The topological polar surface area (TPSA) is 100 Å². The molecule has 0 atom stereocenters. The molecule has 4 heterocycles.